The molecule has 126 valence electrons. The van der Waals surface area contributed by atoms with Gasteiger partial charge in [0, 0.05) is 17.2 Å². The Morgan fingerprint density at radius 2 is 2.12 bits per heavy atom. The smallest absolute Gasteiger partial charge is 0.285 e. The van der Waals surface area contributed by atoms with Crippen molar-refractivity contribution in [2.45, 2.75) is 25.7 Å². The van der Waals surface area contributed by atoms with Crippen LogP contribution in [0.4, 0.5) is 11.4 Å². The second-order valence-corrected chi connectivity index (χ2v) is 6.19. The first kappa shape index (κ1) is 15.3. The monoisotopic (exact) mass is 337 g/mol. The van der Waals surface area contributed by atoms with E-state index in [4.69, 9.17) is 4.42 Å². The molecular weight excluding hydrogens is 322 g/mol. The minimum absolute atomic E-state index is 0.0314. The number of fused-ring (bicyclic) bond motifs is 1. The fourth-order valence-electron chi connectivity index (χ4n) is 2.81. The number of aryl methyl sites for hydroxylation is 1. The van der Waals surface area contributed by atoms with Crippen molar-refractivity contribution in [1.29, 1.82) is 0 Å². The first-order valence-electron chi connectivity index (χ1n) is 7.99. The quantitative estimate of drug-likeness (QED) is 0.569. The third-order valence-electron chi connectivity index (χ3n) is 4.25. The molecule has 1 aliphatic carbocycles. The van der Waals surface area contributed by atoms with Crippen molar-refractivity contribution in [1.82, 2.24) is 4.98 Å². The molecule has 0 bridgehead atoms. The van der Waals surface area contributed by atoms with Crippen LogP contribution in [-0.2, 0) is 0 Å². The second-order valence-electron chi connectivity index (χ2n) is 6.19. The zero-order valence-corrected chi connectivity index (χ0v) is 13.5. The molecule has 1 saturated carbocycles. The summed E-state index contributed by atoms with van der Waals surface area (Å²) < 4.78 is 5.69. The van der Waals surface area contributed by atoms with E-state index in [-0.39, 0.29) is 11.3 Å². The number of hydrogen-bond acceptors (Lipinski definition) is 5. The maximum atomic E-state index is 12.5. The summed E-state index contributed by atoms with van der Waals surface area (Å²) in [5.41, 5.74) is 2.14. The molecule has 0 unspecified atom stereocenters. The van der Waals surface area contributed by atoms with Crippen LogP contribution in [0.3, 0.4) is 0 Å². The fourth-order valence-corrected chi connectivity index (χ4v) is 2.81. The van der Waals surface area contributed by atoms with Gasteiger partial charge in [0.1, 0.15) is 11.1 Å². The fraction of sp³-hybridized carbons (Fsp3) is 0.222. The summed E-state index contributed by atoms with van der Waals surface area (Å²) in [6.07, 6.45) is 2.18. The molecule has 1 heterocycles. The van der Waals surface area contributed by atoms with Crippen LogP contribution in [0.1, 0.15) is 40.6 Å². The van der Waals surface area contributed by atoms with E-state index in [0.29, 0.717) is 28.3 Å². The molecule has 0 atom stereocenters. The van der Waals surface area contributed by atoms with Gasteiger partial charge >= 0.3 is 0 Å². The molecule has 25 heavy (non-hydrogen) atoms. The number of benzene rings is 2. The van der Waals surface area contributed by atoms with Crippen LogP contribution >= 0.6 is 0 Å². The van der Waals surface area contributed by atoms with Crippen LogP contribution in [0.15, 0.2) is 40.8 Å². The Balaban J connectivity index is 1.63. The first-order valence-corrected chi connectivity index (χ1v) is 7.99. The van der Waals surface area contributed by atoms with Gasteiger partial charge in [-0.2, -0.15) is 0 Å². The minimum atomic E-state index is -0.535. The predicted octanol–water partition coefficient (Wildman–Crippen LogP) is 4.17. The molecule has 3 aromatic rings. The summed E-state index contributed by atoms with van der Waals surface area (Å²) in [6.45, 7) is 1.61. The third kappa shape index (κ3) is 2.84. The third-order valence-corrected chi connectivity index (χ3v) is 4.25. The summed E-state index contributed by atoms with van der Waals surface area (Å²) >= 11 is 0. The number of nitro groups is 1. The molecule has 1 aliphatic rings. The Bertz CT molecular complexity index is 1000. The van der Waals surface area contributed by atoms with Crippen LogP contribution in [0.5, 0.6) is 0 Å². The Kier molecular flexibility index (Phi) is 3.49. The number of nitro benzene ring substituents is 1. The zero-order valence-electron chi connectivity index (χ0n) is 13.5. The van der Waals surface area contributed by atoms with E-state index in [9.17, 15) is 14.9 Å². The van der Waals surface area contributed by atoms with Gasteiger partial charge in [-0.05, 0) is 44.0 Å². The normalized spacial score (nSPS) is 13.8. The highest BCUT2D eigenvalue weighted by molar-refractivity contribution is 6.07. The molecule has 1 N–H and O–H groups in total. The van der Waals surface area contributed by atoms with E-state index in [1.54, 1.807) is 37.3 Å². The predicted molar refractivity (Wildman–Crippen MR) is 91.8 cm³/mol. The molecule has 1 fully saturated rings. The average molecular weight is 337 g/mol. The largest absolute Gasteiger partial charge is 0.440 e. The van der Waals surface area contributed by atoms with Crippen molar-refractivity contribution < 1.29 is 14.1 Å². The van der Waals surface area contributed by atoms with Gasteiger partial charge in [0.25, 0.3) is 11.6 Å². The van der Waals surface area contributed by atoms with Crippen molar-refractivity contribution in [3.05, 3.63) is 63.5 Å². The Morgan fingerprint density at radius 1 is 1.32 bits per heavy atom. The highest BCUT2D eigenvalue weighted by Gasteiger charge is 2.29. The lowest BCUT2D eigenvalue weighted by Gasteiger charge is -2.07. The molecule has 4 rings (SSSR count). The Hall–Kier alpha value is -3.22. The summed E-state index contributed by atoms with van der Waals surface area (Å²) in [5.74, 6) is 0.605. The van der Waals surface area contributed by atoms with Gasteiger partial charge in [-0.15, -0.1) is 0 Å². The molecular formula is C18H15N3O4. The SMILES string of the molecule is Cc1cccc(C(=O)Nc2ccc3oc(C4CC4)nc3c2)c1[N+](=O)[O-]. The van der Waals surface area contributed by atoms with E-state index in [1.807, 2.05) is 0 Å². The van der Waals surface area contributed by atoms with E-state index in [0.717, 1.165) is 18.7 Å². The van der Waals surface area contributed by atoms with Crippen LogP contribution in [-0.4, -0.2) is 15.8 Å². The maximum absolute atomic E-state index is 12.5. The molecule has 0 radical (unpaired) electrons. The molecule has 0 aliphatic heterocycles. The lowest BCUT2D eigenvalue weighted by Crippen LogP contribution is -2.14. The molecule has 0 saturated heterocycles. The van der Waals surface area contributed by atoms with Crippen LogP contribution in [0.2, 0.25) is 0 Å². The molecule has 1 amide bonds. The number of aromatic nitrogens is 1. The second kappa shape index (κ2) is 5.70. The number of oxazole rings is 1. The number of rotatable bonds is 4. The summed E-state index contributed by atoms with van der Waals surface area (Å²) in [4.78, 5) is 27.7. The Morgan fingerprint density at radius 3 is 2.84 bits per heavy atom. The number of hydrogen-bond donors (Lipinski definition) is 1. The molecule has 2 aromatic carbocycles. The number of carbonyl (C=O) groups excluding carboxylic acids is 1. The number of anilines is 1. The topological polar surface area (TPSA) is 98.3 Å². The van der Waals surface area contributed by atoms with Gasteiger partial charge in [0.15, 0.2) is 11.5 Å². The van der Waals surface area contributed by atoms with Gasteiger partial charge in [-0.1, -0.05) is 12.1 Å². The van der Waals surface area contributed by atoms with Crippen LogP contribution in [0.25, 0.3) is 11.1 Å². The van der Waals surface area contributed by atoms with Crippen molar-refractivity contribution in [2.24, 2.45) is 0 Å². The maximum Gasteiger partial charge on any atom is 0.285 e. The molecule has 0 spiro atoms. The molecule has 7 nitrogen and oxygen atoms in total. The highest BCUT2D eigenvalue weighted by Crippen LogP contribution is 2.40. The average Bonchev–Trinajstić information content (AvgIpc) is 3.34. The van der Waals surface area contributed by atoms with Gasteiger partial charge in [0.05, 0.1) is 4.92 Å². The molecule has 1 aromatic heterocycles. The van der Waals surface area contributed by atoms with Crippen LogP contribution < -0.4 is 5.32 Å². The van der Waals surface area contributed by atoms with Crippen molar-refractivity contribution >= 4 is 28.4 Å². The summed E-state index contributed by atoms with van der Waals surface area (Å²) in [7, 11) is 0. The van der Waals surface area contributed by atoms with E-state index in [1.165, 1.54) is 6.07 Å². The number of nitrogens with one attached hydrogen (secondary N) is 1. The first-order chi connectivity index (χ1) is 12.0. The number of nitrogens with zero attached hydrogens (tertiary/aromatic N) is 2. The van der Waals surface area contributed by atoms with Crippen molar-refractivity contribution in [3.63, 3.8) is 0 Å². The van der Waals surface area contributed by atoms with Gasteiger partial charge in [-0.3, -0.25) is 14.9 Å². The number of amides is 1. The van der Waals surface area contributed by atoms with Gasteiger partial charge in [0.2, 0.25) is 0 Å². The minimum Gasteiger partial charge on any atom is -0.440 e. The van der Waals surface area contributed by atoms with E-state index >= 15 is 0 Å². The van der Waals surface area contributed by atoms with Crippen LogP contribution in [0, 0.1) is 17.0 Å². The van der Waals surface area contributed by atoms with Gasteiger partial charge in [-0.25, -0.2) is 4.98 Å². The van der Waals surface area contributed by atoms with Gasteiger partial charge < -0.3 is 9.73 Å². The lowest BCUT2D eigenvalue weighted by molar-refractivity contribution is -0.385. The molecule has 7 heteroatoms. The highest BCUT2D eigenvalue weighted by atomic mass is 16.6. The lowest BCUT2D eigenvalue weighted by atomic mass is 10.1. The van der Waals surface area contributed by atoms with E-state index in [2.05, 4.69) is 10.3 Å². The van der Waals surface area contributed by atoms with Crippen molar-refractivity contribution in [3.8, 4) is 0 Å². The Labute approximate surface area is 142 Å². The number of carbonyl (C=O) groups is 1. The zero-order chi connectivity index (χ0) is 17.6. The summed E-state index contributed by atoms with van der Waals surface area (Å²) in [5, 5.41) is 14.0. The number of para-hydroxylation sites is 1. The van der Waals surface area contributed by atoms with Crippen molar-refractivity contribution in [2.75, 3.05) is 5.32 Å². The summed E-state index contributed by atoms with van der Waals surface area (Å²) in [6, 6.07) is 9.83. The van der Waals surface area contributed by atoms with E-state index < -0.39 is 10.8 Å². The standard InChI is InChI=1S/C18H15N3O4/c1-10-3-2-4-13(16(10)21(23)24)17(22)19-12-7-8-15-14(9-12)20-18(25-15)11-5-6-11/h2-4,7-9,11H,5-6H2,1H3,(H,19,22).